The highest BCUT2D eigenvalue weighted by molar-refractivity contribution is 7.26. The van der Waals surface area contributed by atoms with E-state index in [1.807, 2.05) is 84.1 Å². The van der Waals surface area contributed by atoms with E-state index >= 15 is 0 Å². The van der Waals surface area contributed by atoms with Crippen molar-refractivity contribution in [1.82, 2.24) is 15.0 Å². The predicted octanol–water partition coefficient (Wildman–Crippen LogP) is 12.0. The summed E-state index contributed by atoms with van der Waals surface area (Å²) in [6.45, 7) is 0. The van der Waals surface area contributed by atoms with E-state index in [1.54, 1.807) is 0 Å². The molecule has 0 unspecified atom stereocenters. The van der Waals surface area contributed by atoms with Crippen LogP contribution in [-0.4, -0.2) is 15.0 Å². The number of hydrogen-bond donors (Lipinski definition) is 0. The second-order valence-electron chi connectivity index (χ2n) is 12.0. The van der Waals surface area contributed by atoms with Crippen molar-refractivity contribution in [3.05, 3.63) is 152 Å². The Morgan fingerprint density at radius 2 is 1.08 bits per heavy atom. The van der Waals surface area contributed by atoms with Gasteiger partial charge in [0.25, 0.3) is 0 Å². The Bertz CT molecular complexity index is 2780. The van der Waals surface area contributed by atoms with Gasteiger partial charge in [-0.15, -0.1) is 11.3 Å². The fourth-order valence-corrected chi connectivity index (χ4v) is 8.17. The van der Waals surface area contributed by atoms with Crippen molar-refractivity contribution < 1.29 is 4.42 Å². The average molecular weight is 632 g/mol. The second kappa shape index (κ2) is 10.7. The van der Waals surface area contributed by atoms with E-state index in [0.29, 0.717) is 17.5 Å². The summed E-state index contributed by atoms with van der Waals surface area (Å²) in [6.07, 6.45) is 0. The molecular weight excluding hydrogens is 607 g/mol. The number of nitrogens with zero attached hydrogens (tertiary/aromatic N) is 3. The lowest BCUT2D eigenvalue weighted by atomic mass is 9.97. The number of furan rings is 1. The molecule has 3 aromatic heterocycles. The summed E-state index contributed by atoms with van der Waals surface area (Å²) >= 11 is 1.86. The highest BCUT2D eigenvalue weighted by atomic mass is 32.1. The molecule has 0 atom stereocenters. The molecule has 0 aliphatic rings. The van der Waals surface area contributed by atoms with Gasteiger partial charge in [0.1, 0.15) is 11.2 Å². The van der Waals surface area contributed by atoms with Crippen LogP contribution in [0, 0.1) is 0 Å². The Labute approximate surface area is 279 Å². The van der Waals surface area contributed by atoms with Crippen LogP contribution in [0.2, 0.25) is 0 Å². The molecule has 0 saturated carbocycles. The van der Waals surface area contributed by atoms with E-state index in [0.717, 1.165) is 44.2 Å². The molecule has 0 bridgehead atoms. The van der Waals surface area contributed by atoms with Crippen LogP contribution in [0.3, 0.4) is 0 Å². The molecule has 0 N–H and O–H groups in total. The van der Waals surface area contributed by atoms with E-state index in [-0.39, 0.29) is 0 Å². The molecule has 0 aliphatic carbocycles. The molecule has 224 valence electrons. The van der Waals surface area contributed by atoms with Crippen molar-refractivity contribution in [3.63, 3.8) is 0 Å². The number of hydrogen-bond acceptors (Lipinski definition) is 5. The van der Waals surface area contributed by atoms with Gasteiger partial charge < -0.3 is 4.42 Å². The van der Waals surface area contributed by atoms with Gasteiger partial charge in [-0.2, -0.15) is 0 Å². The molecule has 0 spiro atoms. The third-order valence-electron chi connectivity index (χ3n) is 9.14. The molecule has 10 aromatic rings. The van der Waals surface area contributed by atoms with Gasteiger partial charge in [-0.3, -0.25) is 0 Å². The maximum absolute atomic E-state index is 6.58. The molecule has 7 aromatic carbocycles. The summed E-state index contributed by atoms with van der Waals surface area (Å²) in [5.74, 6) is 1.88. The van der Waals surface area contributed by atoms with Crippen LogP contribution < -0.4 is 0 Å². The fourth-order valence-electron chi connectivity index (χ4n) is 6.90. The van der Waals surface area contributed by atoms with Crippen molar-refractivity contribution in [3.8, 4) is 45.3 Å². The molecule has 4 nitrogen and oxygen atoms in total. The lowest BCUT2D eigenvalue weighted by Crippen LogP contribution is -2.00. The first-order valence-corrected chi connectivity index (χ1v) is 16.8. The van der Waals surface area contributed by atoms with E-state index in [2.05, 4.69) is 78.9 Å². The minimum absolute atomic E-state index is 0.613. The second-order valence-corrected chi connectivity index (χ2v) is 13.0. The maximum Gasteiger partial charge on any atom is 0.164 e. The molecule has 0 saturated heterocycles. The first-order valence-electron chi connectivity index (χ1n) is 15.9. The van der Waals surface area contributed by atoms with Gasteiger partial charge in [0.15, 0.2) is 17.5 Å². The zero-order valence-corrected chi connectivity index (χ0v) is 26.4. The molecule has 3 heterocycles. The van der Waals surface area contributed by atoms with Crippen LogP contribution in [0.25, 0.3) is 98.2 Å². The molecule has 5 heteroatoms. The SMILES string of the molecule is c1ccc(-c2nc(-c3ccccc3)nc(-c3cccc4oc5cc(-c6cccc7sc8c9ccccc9ccc8c67)ccc5c34)n2)cc1. The summed E-state index contributed by atoms with van der Waals surface area (Å²) in [7, 11) is 0. The molecule has 0 radical (unpaired) electrons. The van der Waals surface area contributed by atoms with Crippen molar-refractivity contribution in [2.75, 3.05) is 0 Å². The van der Waals surface area contributed by atoms with Gasteiger partial charge in [-0.1, -0.05) is 127 Å². The number of benzene rings is 7. The van der Waals surface area contributed by atoms with Gasteiger partial charge >= 0.3 is 0 Å². The van der Waals surface area contributed by atoms with E-state index in [9.17, 15) is 0 Å². The zero-order chi connectivity index (χ0) is 31.6. The first kappa shape index (κ1) is 27.0. The smallest absolute Gasteiger partial charge is 0.164 e. The molecular formula is C43H25N3OS. The van der Waals surface area contributed by atoms with Crippen LogP contribution in [0.15, 0.2) is 156 Å². The monoisotopic (exact) mass is 631 g/mol. The van der Waals surface area contributed by atoms with Crippen molar-refractivity contribution in [2.45, 2.75) is 0 Å². The standard InChI is InChI=1S/C43H25N3OS/c1-3-12-27(13-4-1)41-44-42(28-14-5-2-6-15-28)46-43(45-41)34-18-9-19-35-38(34)32-23-22-29(25-36(32)47-35)30-17-10-20-37-39(30)33-24-21-26-11-7-8-16-31(26)40(33)48-37/h1-25H. The third kappa shape index (κ3) is 4.25. The summed E-state index contributed by atoms with van der Waals surface area (Å²) in [4.78, 5) is 14.9. The number of rotatable bonds is 4. The number of fused-ring (bicyclic) bond motifs is 8. The van der Waals surface area contributed by atoms with Gasteiger partial charge in [-0.05, 0) is 46.2 Å². The Balaban J connectivity index is 1.16. The highest BCUT2D eigenvalue weighted by Crippen LogP contribution is 2.44. The summed E-state index contributed by atoms with van der Waals surface area (Å²) < 4.78 is 9.18. The van der Waals surface area contributed by atoms with Crippen molar-refractivity contribution in [2.24, 2.45) is 0 Å². The molecule has 0 amide bonds. The lowest BCUT2D eigenvalue weighted by Gasteiger charge is -2.09. The van der Waals surface area contributed by atoms with Gasteiger partial charge in [0, 0.05) is 47.6 Å². The Morgan fingerprint density at radius 1 is 0.417 bits per heavy atom. The number of thiophene rings is 1. The molecule has 0 aliphatic heterocycles. The van der Waals surface area contributed by atoms with Gasteiger partial charge in [0.2, 0.25) is 0 Å². The van der Waals surface area contributed by atoms with Crippen LogP contribution in [0.1, 0.15) is 0 Å². The largest absolute Gasteiger partial charge is 0.456 e. The average Bonchev–Trinajstić information content (AvgIpc) is 3.74. The lowest BCUT2D eigenvalue weighted by molar-refractivity contribution is 0.669. The van der Waals surface area contributed by atoms with Crippen molar-refractivity contribution in [1.29, 1.82) is 0 Å². The fraction of sp³-hybridized carbons (Fsp3) is 0. The van der Waals surface area contributed by atoms with Gasteiger partial charge in [0.05, 0.1) is 0 Å². The summed E-state index contributed by atoms with van der Waals surface area (Å²) in [5.41, 5.74) is 6.75. The third-order valence-corrected chi connectivity index (χ3v) is 10.3. The molecule has 48 heavy (non-hydrogen) atoms. The van der Waals surface area contributed by atoms with Gasteiger partial charge in [-0.25, -0.2) is 15.0 Å². The zero-order valence-electron chi connectivity index (χ0n) is 25.6. The molecule has 10 rings (SSSR count). The summed E-state index contributed by atoms with van der Waals surface area (Å²) in [6, 6.07) is 52.6. The van der Waals surface area contributed by atoms with E-state index in [1.165, 1.54) is 36.5 Å². The maximum atomic E-state index is 6.58. The predicted molar refractivity (Wildman–Crippen MR) is 199 cm³/mol. The van der Waals surface area contributed by atoms with E-state index < -0.39 is 0 Å². The van der Waals surface area contributed by atoms with Crippen LogP contribution >= 0.6 is 11.3 Å². The Morgan fingerprint density at radius 3 is 1.88 bits per heavy atom. The first-order chi connectivity index (χ1) is 23.8. The van der Waals surface area contributed by atoms with E-state index in [4.69, 9.17) is 19.4 Å². The van der Waals surface area contributed by atoms with Crippen LogP contribution in [-0.2, 0) is 0 Å². The minimum Gasteiger partial charge on any atom is -0.456 e. The normalized spacial score (nSPS) is 11.8. The molecule has 0 fully saturated rings. The summed E-state index contributed by atoms with van der Waals surface area (Å²) in [5, 5.41) is 7.16. The Kier molecular flexibility index (Phi) is 6.01. The highest BCUT2D eigenvalue weighted by Gasteiger charge is 2.19. The quantitative estimate of drug-likeness (QED) is 0.194. The van der Waals surface area contributed by atoms with Crippen LogP contribution in [0.5, 0.6) is 0 Å². The van der Waals surface area contributed by atoms with Crippen molar-refractivity contribution >= 4 is 64.2 Å². The minimum atomic E-state index is 0.613. The topological polar surface area (TPSA) is 51.8 Å². The Hall–Kier alpha value is -6.17. The number of aromatic nitrogens is 3. The van der Waals surface area contributed by atoms with Crippen LogP contribution in [0.4, 0.5) is 0 Å².